The molecule has 2 unspecified atom stereocenters. The fraction of sp³-hybridized carbons (Fsp3) is 0.303. The number of carbonyl (C=O) groups excluding carboxylic acids is 3. The molecule has 212 valence electrons. The molecule has 0 saturated carbocycles. The number of hydrogen-bond acceptors (Lipinski definition) is 5. The molecule has 0 radical (unpaired) electrons. The first-order valence-corrected chi connectivity index (χ1v) is 14.1. The van der Waals surface area contributed by atoms with Crippen LogP contribution in [0.2, 0.25) is 0 Å². The van der Waals surface area contributed by atoms with E-state index in [0.717, 1.165) is 27.1 Å². The van der Waals surface area contributed by atoms with Gasteiger partial charge in [0.25, 0.3) is 5.91 Å². The van der Waals surface area contributed by atoms with Crippen LogP contribution in [0.25, 0.3) is 21.5 Å². The van der Waals surface area contributed by atoms with Crippen LogP contribution in [0.5, 0.6) is 0 Å². The van der Waals surface area contributed by atoms with E-state index < -0.39 is 24.0 Å². The average Bonchev–Trinajstić information content (AvgIpc) is 3.02. The number of aliphatic hydroxyl groups is 1. The van der Waals surface area contributed by atoms with Crippen molar-refractivity contribution in [2.75, 3.05) is 26.2 Å². The molecule has 3 atom stereocenters. The van der Waals surface area contributed by atoms with Gasteiger partial charge < -0.3 is 26.4 Å². The maximum atomic E-state index is 13.5. The second-order valence-corrected chi connectivity index (χ2v) is 10.7. The molecule has 3 amide bonds. The van der Waals surface area contributed by atoms with E-state index in [1.165, 1.54) is 0 Å². The van der Waals surface area contributed by atoms with Crippen molar-refractivity contribution in [3.8, 4) is 0 Å². The van der Waals surface area contributed by atoms with Crippen LogP contribution in [0, 0.1) is 5.92 Å². The van der Waals surface area contributed by atoms with Crippen molar-refractivity contribution in [3.63, 3.8) is 0 Å². The van der Waals surface area contributed by atoms with Crippen molar-refractivity contribution in [1.82, 2.24) is 15.5 Å². The fourth-order valence-corrected chi connectivity index (χ4v) is 5.48. The molecule has 1 heterocycles. The third-order valence-corrected chi connectivity index (χ3v) is 7.77. The van der Waals surface area contributed by atoms with Crippen LogP contribution in [0.3, 0.4) is 0 Å². The van der Waals surface area contributed by atoms with Gasteiger partial charge in [-0.1, -0.05) is 78.9 Å². The fourth-order valence-electron chi connectivity index (χ4n) is 5.48. The monoisotopic (exact) mass is 552 g/mol. The standard InChI is InChI=1S/C33H36N4O4/c34-19-27(38)20-35-32(40)30(18-22-14-15-23-7-1-2-9-25(23)17-22)36-31(39)26-11-6-16-37(21-26)33(41)29-13-5-10-24-8-3-4-12-28(24)29/h1-5,7-10,12-15,17,26-27,30,38H,6,11,16,18-21,34H2,(H,35,40)(H,36,39)/t26?,27?,30-/m1/s1. The van der Waals surface area contributed by atoms with Gasteiger partial charge in [0.1, 0.15) is 6.04 Å². The predicted octanol–water partition coefficient (Wildman–Crippen LogP) is 3.01. The topological polar surface area (TPSA) is 125 Å². The second-order valence-electron chi connectivity index (χ2n) is 10.7. The van der Waals surface area contributed by atoms with Gasteiger partial charge in [0, 0.05) is 38.2 Å². The minimum Gasteiger partial charge on any atom is -0.390 e. The summed E-state index contributed by atoms with van der Waals surface area (Å²) in [5, 5.41) is 19.5. The van der Waals surface area contributed by atoms with Gasteiger partial charge >= 0.3 is 0 Å². The van der Waals surface area contributed by atoms with E-state index in [1.807, 2.05) is 84.9 Å². The Morgan fingerprint density at radius 2 is 1.66 bits per heavy atom. The second kappa shape index (κ2) is 12.9. The summed E-state index contributed by atoms with van der Waals surface area (Å²) in [6.45, 7) is 0.870. The van der Waals surface area contributed by atoms with Gasteiger partial charge in [0.05, 0.1) is 12.0 Å². The Morgan fingerprint density at radius 1 is 0.927 bits per heavy atom. The lowest BCUT2D eigenvalue weighted by atomic mass is 9.94. The number of likely N-dealkylation sites (tertiary alicyclic amines) is 1. The number of hydrogen-bond donors (Lipinski definition) is 4. The van der Waals surface area contributed by atoms with Gasteiger partial charge in [0.2, 0.25) is 11.8 Å². The third-order valence-electron chi connectivity index (χ3n) is 7.77. The largest absolute Gasteiger partial charge is 0.390 e. The minimum atomic E-state index is -0.872. The summed E-state index contributed by atoms with van der Waals surface area (Å²) in [5.41, 5.74) is 7.02. The van der Waals surface area contributed by atoms with Gasteiger partial charge in [-0.25, -0.2) is 0 Å². The van der Waals surface area contributed by atoms with E-state index in [4.69, 9.17) is 5.73 Å². The number of rotatable bonds is 9. The summed E-state index contributed by atoms with van der Waals surface area (Å²) in [6.07, 6.45) is 0.732. The number of nitrogens with one attached hydrogen (secondary N) is 2. The molecule has 5 N–H and O–H groups in total. The summed E-state index contributed by atoms with van der Waals surface area (Å²) in [7, 11) is 0. The summed E-state index contributed by atoms with van der Waals surface area (Å²) in [4.78, 5) is 42.0. The Bertz CT molecular complexity index is 1550. The van der Waals surface area contributed by atoms with Crippen molar-refractivity contribution in [1.29, 1.82) is 0 Å². The molecule has 0 aliphatic carbocycles. The number of carbonyl (C=O) groups is 3. The molecule has 4 aromatic carbocycles. The van der Waals surface area contributed by atoms with E-state index in [2.05, 4.69) is 10.6 Å². The van der Waals surface area contributed by atoms with E-state index >= 15 is 0 Å². The summed E-state index contributed by atoms with van der Waals surface area (Å²) >= 11 is 0. The number of aliphatic hydroxyl groups excluding tert-OH is 1. The first-order chi connectivity index (χ1) is 19.9. The van der Waals surface area contributed by atoms with Crippen LogP contribution in [-0.2, 0) is 16.0 Å². The van der Waals surface area contributed by atoms with E-state index in [0.29, 0.717) is 24.9 Å². The van der Waals surface area contributed by atoms with Crippen molar-refractivity contribution >= 4 is 39.3 Å². The minimum absolute atomic E-state index is 0.00381. The smallest absolute Gasteiger partial charge is 0.254 e. The van der Waals surface area contributed by atoms with Crippen LogP contribution < -0.4 is 16.4 Å². The Kier molecular flexibility index (Phi) is 8.91. The Labute approximate surface area is 239 Å². The van der Waals surface area contributed by atoms with Crippen molar-refractivity contribution in [2.45, 2.75) is 31.4 Å². The molecule has 1 aliphatic rings. The highest BCUT2D eigenvalue weighted by molar-refractivity contribution is 6.07. The van der Waals surface area contributed by atoms with E-state index in [-0.39, 0.29) is 37.9 Å². The van der Waals surface area contributed by atoms with Gasteiger partial charge in [-0.05, 0) is 46.0 Å². The van der Waals surface area contributed by atoms with E-state index in [9.17, 15) is 19.5 Å². The number of fused-ring (bicyclic) bond motifs is 2. The SMILES string of the molecule is NCC(O)CNC(=O)[C@@H](Cc1ccc2ccccc2c1)NC(=O)C1CCCN(C(=O)c2cccc3ccccc23)C1. The average molecular weight is 553 g/mol. The van der Waals surface area contributed by atoms with Crippen LogP contribution in [0.1, 0.15) is 28.8 Å². The van der Waals surface area contributed by atoms with Crippen molar-refractivity contribution in [3.05, 3.63) is 96.1 Å². The molecule has 0 bridgehead atoms. The van der Waals surface area contributed by atoms with Crippen LogP contribution in [0.4, 0.5) is 0 Å². The van der Waals surface area contributed by atoms with Gasteiger partial charge in [-0.15, -0.1) is 0 Å². The predicted molar refractivity (Wildman–Crippen MR) is 160 cm³/mol. The molecule has 1 saturated heterocycles. The van der Waals surface area contributed by atoms with Crippen LogP contribution >= 0.6 is 0 Å². The number of benzene rings is 4. The quantitative estimate of drug-likeness (QED) is 0.254. The number of piperidine rings is 1. The first-order valence-electron chi connectivity index (χ1n) is 14.1. The lowest BCUT2D eigenvalue weighted by Crippen LogP contribution is -2.53. The third kappa shape index (κ3) is 6.73. The highest BCUT2D eigenvalue weighted by atomic mass is 16.3. The lowest BCUT2D eigenvalue weighted by molar-refractivity contribution is -0.132. The number of nitrogens with two attached hydrogens (primary N) is 1. The highest BCUT2D eigenvalue weighted by Crippen LogP contribution is 2.24. The molecule has 4 aromatic rings. The summed E-state index contributed by atoms with van der Waals surface area (Å²) in [6, 6.07) is 26.5. The Hall–Kier alpha value is -4.27. The van der Waals surface area contributed by atoms with Gasteiger partial charge in [-0.3, -0.25) is 14.4 Å². The number of nitrogens with zero attached hydrogens (tertiary/aromatic N) is 1. The van der Waals surface area contributed by atoms with Crippen LogP contribution in [-0.4, -0.2) is 66.1 Å². The van der Waals surface area contributed by atoms with Gasteiger partial charge in [-0.2, -0.15) is 0 Å². The van der Waals surface area contributed by atoms with Crippen molar-refractivity contribution in [2.24, 2.45) is 11.7 Å². The lowest BCUT2D eigenvalue weighted by Gasteiger charge is -2.33. The zero-order chi connectivity index (χ0) is 28.8. The van der Waals surface area contributed by atoms with E-state index in [1.54, 1.807) is 4.90 Å². The molecule has 1 aliphatic heterocycles. The molecule has 5 rings (SSSR count). The Morgan fingerprint density at radius 3 is 2.46 bits per heavy atom. The molecule has 0 aromatic heterocycles. The molecular weight excluding hydrogens is 516 g/mol. The van der Waals surface area contributed by atoms with Crippen molar-refractivity contribution < 1.29 is 19.5 Å². The number of amides is 3. The maximum absolute atomic E-state index is 13.5. The highest BCUT2D eigenvalue weighted by Gasteiger charge is 2.32. The zero-order valence-corrected chi connectivity index (χ0v) is 23.0. The summed E-state index contributed by atoms with van der Waals surface area (Å²) in [5.74, 6) is -1.19. The molecular formula is C33H36N4O4. The molecule has 8 nitrogen and oxygen atoms in total. The van der Waals surface area contributed by atoms with Gasteiger partial charge in [0.15, 0.2) is 0 Å². The Balaban J connectivity index is 1.30. The summed E-state index contributed by atoms with van der Waals surface area (Å²) < 4.78 is 0. The maximum Gasteiger partial charge on any atom is 0.254 e. The normalized spacial score (nSPS) is 16.7. The molecule has 0 spiro atoms. The molecule has 41 heavy (non-hydrogen) atoms. The zero-order valence-electron chi connectivity index (χ0n) is 23.0. The molecule has 1 fully saturated rings. The molecule has 8 heteroatoms. The van der Waals surface area contributed by atoms with Crippen LogP contribution in [0.15, 0.2) is 84.9 Å². The first kappa shape index (κ1) is 28.3.